The van der Waals surface area contributed by atoms with Gasteiger partial charge in [-0.1, -0.05) is 24.3 Å². The summed E-state index contributed by atoms with van der Waals surface area (Å²) in [6.45, 7) is 0. The first-order valence-corrected chi connectivity index (χ1v) is 7.63. The summed E-state index contributed by atoms with van der Waals surface area (Å²) < 4.78 is 0. The van der Waals surface area contributed by atoms with Crippen molar-refractivity contribution < 1.29 is 9.90 Å². The third-order valence-corrected chi connectivity index (χ3v) is 3.92. The predicted octanol–water partition coefficient (Wildman–Crippen LogP) is 4.09. The Kier molecular flexibility index (Phi) is 4.44. The lowest BCUT2D eigenvalue weighted by molar-refractivity contribution is 0.0697. The highest BCUT2D eigenvalue weighted by molar-refractivity contribution is 5.89. The fraction of sp³-hybridized carbons (Fsp3) is 0.0500. The van der Waals surface area contributed by atoms with E-state index in [1.54, 1.807) is 6.07 Å². The van der Waals surface area contributed by atoms with E-state index in [1.807, 2.05) is 54.4 Å². The summed E-state index contributed by atoms with van der Waals surface area (Å²) in [5.41, 5.74) is 3.61. The number of hydrogen-bond donors (Lipinski definition) is 1. The van der Waals surface area contributed by atoms with Crippen molar-refractivity contribution in [2.24, 2.45) is 0 Å². The lowest BCUT2D eigenvalue weighted by atomic mass is 10.0. The maximum absolute atomic E-state index is 11.1. The van der Waals surface area contributed by atoms with Gasteiger partial charge in [-0.15, -0.1) is 0 Å². The molecule has 0 aliphatic heterocycles. The largest absolute Gasteiger partial charge is 0.478 e. The van der Waals surface area contributed by atoms with Gasteiger partial charge in [-0.05, 0) is 36.4 Å². The zero-order chi connectivity index (χ0) is 17.8. The molecule has 1 aromatic heterocycles. The molecule has 0 amide bonds. The average molecular weight is 329 g/mol. The van der Waals surface area contributed by atoms with Crippen LogP contribution in [-0.4, -0.2) is 23.1 Å². The molecule has 0 fully saturated rings. The van der Waals surface area contributed by atoms with E-state index in [0.717, 1.165) is 11.4 Å². The lowest BCUT2D eigenvalue weighted by Gasteiger charge is -2.21. The van der Waals surface area contributed by atoms with Gasteiger partial charge in [0.1, 0.15) is 6.07 Å². The number of carboxylic acid groups (broad SMARTS) is 1. The van der Waals surface area contributed by atoms with Crippen molar-refractivity contribution >= 4 is 17.3 Å². The summed E-state index contributed by atoms with van der Waals surface area (Å²) in [5.74, 6) is -1.01. The number of nitrogens with zero attached hydrogens (tertiary/aromatic N) is 3. The Hall–Kier alpha value is -3.65. The molecule has 3 rings (SSSR count). The van der Waals surface area contributed by atoms with Gasteiger partial charge in [0.2, 0.25) is 0 Å². The molecular formula is C20H15N3O2. The average Bonchev–Trinajstić information content (AvgIpc) is 2.67. The number of carboxylic acids is 1. The normalized spacial score (nSPS) is 10.1. The maximum atomic E-state index is 11.1. The van der Waals surface area contributed by atoms with Crippen LogP contribution in [0.25, 0.3) is 11.3 Å². The van der Waals surface area contributed by atoms with Crippen LogP contribution in [0.2, 0.25) is 0 Å². The van der Waals surface area contributed by atoms with Gasteiger partial charge in [0, 0.05) is 24.5 Å². The number of aromatic nitrogens is 1. The smallest absolute Gasteiger partial charge is 0.335 e. The van der Waals surface area contributed by atoms with E-state index in [0.29, 0.717) is 16.8 Å². The quantitative estimate of drug-likeness (QED) is 0.780. The summed E-state index contributed by atoms with van der Waals surface area (Å²) in [6, 6.07) is 20.3. The second-order valence-corrected chi connectivity index (χ2v) is 5.47. The van der Waals surface area contributed by atoms with Crippen molar-refractivity contribution in [3.8, 4) is 17.3 Å². The third-order valence-electron chi connectivity index (χ3n) is 3.92. The number of aromatic carboxylic acids is 1. The highest BCUT2D eigenvalue weighted by Crippen LogP contribution is 2.30. The fourth-order valence-electron chi connectivity index (χ4n) is 2.59. The number of hydrogen-bond acceptors (Lipinski definition) is 4. The molecule has 25 heavy (non-hydrogen) atoms. The van der Waals surface area contributed by atoms with Gasteiger partial charge >= 0.3 is 5.97 Å². The molecule has 0 saturated heterocycles. The Bertz CT molecular complexity index is 962. The van der Waals surface area contributed by atoms with Crippen LogP contribution >= 0.6 is 0 Å². The van der Waals surface area contributed by atoms with E-state index in [2.05, 4.69) is 11.1 Å². The van der Waals surface area contributed by atoms with E-state index < -0.39 is 5.97 Å². The number of pyridine rings is 1. The Labute approximate surface area is 145 Å². The molecule has 0 radical (unpaired) electrons. The van der Waals surface area contributed by atoms with Crippen LogP contribution in [0.4, 0.5) is 11.4 Å². The molecule has 1 N–H and O–H groups in total. The minimum absolute atomic E-state index is 0.161. The Morgan fingerprint density at radius 3 is 2.56 bits per heavy atom. The molecule has 5 heteroatoms. The number of nitriles is 1. The van der Waals surface area contributed by atoms with Crippen LogP contribution in [0, 0.1) is 11.3 Å². The summed E-state index contributed by atoms with van der Waals surface area (Å²) >= 11 is 0. The van der Waals surface area contributed by atoms with Gasteiger partial charge in [-0.2, -0.15) is 5.26 Å². The molecule has 0 saturated carbocycles. The van der Waals surface area contributed by atoms with Crippen molar-refractivity contribution in [2.75, 3.05) is 11.9 Å². The molecule has 5 nitrogen and oxygen atoms in total. The number of benzene rings is 2. The molecule has 0 spiro atoms. The van der Waals surface area contributed by atoms with Crippen LogP contribution in [0.1, 0.15) is 15.9 Å². The molecule has 2 aromatic carbocycles. The maximum Gasteiger partial charge on any atom is 0.335 e. The SMILES string of the molecule is CN(c1ccccc1)c1ccc(-c2cc(C(=O)O)ccn2)cc1C#N. The summed E-state index contributed by atoms with van der Waals surface area (Å²) in [6.07, 6.45) is 1.45. The number of carbonyl (C=O) groups is 1. The zero-order valence-corrected chi connectivity index (χ0v) is 13.5. The topological polar surface area (TPSA) is 77.2 Å². The van der Waals surface area contributed by atoms with Crippen molar-refractivity contribution in [3.63, 3.8) is 0 Å². The van der Waals surface area contributed by atoms with Gasteiger partial charge in [-0.25, -0.2) is 4.79 Å². The van der Waals surface area contributed by atoms with E-state index in [4.69, 9.17) is 5.11 Å². The Balaban J connectivity index is 2.02. The summed E-state index contributed by atoms with van der Waals surface area (Å²) in [4.78, 5) is 17.3. The van der Waals surface area contributed by atoms with E-state index in [-0.39, 0.29) is 5.56 Å². The van der Waals surface area contributed by atoms with Crippen LogP contribution in [-0.2, 0) is 0 Å². The predicted molar refractivity (Wildman–Crippen MR) is 95.9 cm³/mol. The molecule has 0 aliphatic carbocycles. The monoisotopic (exact) mass is 329 g/mol. The van der Waals surface area contributed by atoms with Crippen LogP contribution < -0.4 is 4.90 Å². The highest BCUT2D eigenvalue weighted by atomic mass is 16.4. The lowest BCUT2D eigenvalue weighted by Crippen LogP contribution is -2.11. The van der Waals surface area contributed by atoms with Gasteiger partial charge in [-0.3, -0.25) is 4.98 Å². The summed E-state index contributed by atoms with van der Waals surface area (Å²) in [7, 11) is 1.90. The molecular weight excluding hydrogens is 314 g/mol. The molecule has 0 aliphatic rings. The first kappa shape index (κ1) is 16.2. The molecule has 3 aromatic rings. The van der Waals surface area contributed by atoms with Crippen LogP contribution in [0.5, 0.6) is 0 Å². The van der Waals surface area contributed by atoms with Crippen LogP contribution in [0.15, 0.2) is 66.9 Å². The molecule has 122 valence electrons. The number of anilines is 2. The van der Waals surface area contributed by atoms with Crippen LogP contribution in [0.3, 0.4) is 0 Å². The zero-order valence-electron chi connectivity index (χ0n) is 13.5. The van der Waals surface area contributed by atoms with E-state index in [9.17, 15) is 10.1 Å². The van der Waals surface area contributed by atoms with Crippen molar-refractivity contribution in [3.05, 3.63) is 78.0 Å². The second kappa shape index (κ2) is 6.85. The standard InChI is InChI=1S/C20H15N3O2/c1-23(17-5-3-2-4-6-17)19-8-7-14(11-16(19)13-21)18-12-15(20(24)25)9-10-22-18/h2-12H,1H3,(H,24,25). The van der Waals surface area contributed by atoms with Crippen molar-refractivity contribution in [1.82, 2.24) is 4.98 Å². The second-order valence-electron chi connectivity index (χ2n) is 5.47. The van der Waals surface area contributed by atoms with E-state index in [1.165, 1.54) is 18.3 Å². The minimum atomic E-state index is -1.01. The number of para-hydroxylation sites is 1. The van der Waals surface area contributed by atoms with E-state index >= 15 is 0 Å². The minimum Gasteiger partial charge on any atom is -0.478 e. The molecule has 0 bridgehead atoms. The first-order valence-electron chi connectivity index (χ1n) is 7.63. The molecule has 1 heterocycles. The van der Waals surface area contributed by atoms with Gasteiger partial charge in [0.15, 0.2) is 0 Å². The third kappa shape index (κ3) is 3.33. The summed E-state index contributed by atoms with van der Waals surface area (Å²) in [5, 5.41) is 18.7. The Morgan fingerprint density at radius 1 is 1.12 bits per heavy atom. The molecule has 0 atom stereocenters. The first-order chi connectivity index (χ1) is 12.1. The van der Waals surface area contributed by atoms with Crippen molar-refractivity contribution in [1.29, 1.82) is 5.26 Å². The van der Waals surface area contributed by atoms with Crippen molar-refractivity contribution in [2.45, 2.75) is 0 Å². The molecule has 0 unspecified atom stereocenters. The Morgan fingerprint density at radius 2 is 1.88 bits per heavy atom. The highest BCUT2D eigenvalue weighted by Gasteiger charge is 2.12. The van der Waals surface area contributed by atoms with Gasteiger partial charge in [0.05, 0.1) is 22.5 Å². The number of rotatable bonds is 4. The van der Waals surface area contributed by atoms with Gasteiger partial charge in [0.25, 0.3) is 0 Å². The van der Waals surface area contributed by atoms with Gasteiger partial charge < -0.3 is 10.0 Å². The fourth-order valence-corrected chi connectivity index (χ4v) is 2.59.